The summed E-state index contributed by atoms with van der Waals surface area (Å²) in [6.07, 6.45) is 2.29. The van der Waals surface area contributed by atoms with Crippen molar-refractivity contribution >= 4 is 21.6 Å². The van der Waals surface area contributed by atoms with Crippen molar-refractivity contribution in [3.63, 3.8) is 0 Å². The van der Waals surface area contributed by atoms with Gasteiger partial charge in [0.05, 0.1) is 17.5 Å². The summed E-state index contributed by atoms with van der Waals surface area (Å²) in [5.74, 6) is -0.0307. The predicted octanol–water partition coefficient (Wildman–Crippen LogP) is 4.11. The zero-order valence-electron chi connectivity index (χ0n) is 16.7. The van der Waals surface area contributed by atoms with E-state index in [-0.39, 0.29) is 17.7 Å². The predicted molar refractivity (Wildman–Crippen MR) is 113 cm³/mol. The number of nitrogens with zero attached hydrogens (tertiary/aromatic N) is 1. The quantitative estimate of drug-likeness (QED) is 0.821. The lowest BCUT2D eigenvalue weighted by molar-refractivity contribution is 0.0935. The number of hydrogen-bond acceptors (Lipinski definition) is 3. The number of sulfonamides is 1. The number of hydrogen-bond donors (Lipinski definition) is 1. The van der Waals surface area contributed by atoms with Crippen LogP contribution in [0.2, 0.25) is 0 Å². The fourth-order valence-electron chi connectivity index (χ4n) is 3.54. The lowest BCUT2D eigenvalue weighted by Gasteiger charge is -2.30. The summed E-state index contributed by atoms with van der Waals surface area (Å²) in [5.41, 5.74) is 4.18. The molecule has 2 aromatic rings. The number of carbonyl (C=O) groups is 1. The SMILES string of the molecule is CC[C@H](NC(=O)c1ccc(C)c(N2CCCCS2(=O)=O)c1)c1ccc(C)cc1. The van der Waals surface area contributed by atoms with Gasteiger partial charge in [-0.25, -0.2) is 8.42 Å². The molecule has 1 atom stereocenters. The molecule has 0 radical (unpaired) electrons. The zero-order chi connectivity index (χ0) is 20.3. The average molecular weight is 401 g/mol. The molecule has 2 aromatic carbocycles. The first-order chi connectivity index (χ1) is 13.3. The fourth-order valence-corrected chi connectivity index (χ4v) is 5.23. The van der Waals surface area contributed by atoms with Crippen molar-refractivity contribution < 1.29 is 13.2 Å². The van der Waals surface area contributed by atoms with Crippen LogP contribution < -0.4 is 9.62 Å². The van der Waals surface area contributed by atoms with E-state index in [1.807, 2.05) is 51.1 Å². The highest BCUT2D eigenvalue weighted by Crippen LogP contribution is 2.28. The number of anilines is 1. The summed E-state index contributed by atoms with van der Waals surface area (Å²) in [6.45, 7) is 6.41. The van der Waals surface area contributed by atoms with Gasteiger partial charge in [0.15, 0.2) is 0 Å². The first-order valence-electron chi connectivity index (χ1n) is 9.80. The molecule has 6 heteroatoms. The van der Waals surface area contributed by atoms with Gasteiger partial charge in [0.25, 0.3) is 5.91 Å². The van der Waals surface area contributed by atoms with E-state index < -0.39 is 10.0 Å². The second kappa shape index (κ2) is 8.35. The van der Waals surface area contributed by atoms with Crippen molar-refractivity contribution in [1.29, 1.82) is 0 Å². The second-order valence-corrected chi connectivity index (χ2v) is 9.45. The Hall–Kier alpha value is -2.34. The minimum atomic E-state index is -3.31. The van der Waals surface area contributed by atoms with Crippen LogP contribution in [0.15, 0.2) is 42.5 Å². The van der Waals surface area contributed by atoms with E-state index in [2.05, 4.69) is 5.32 Å². The van der Waals surface area contributed by atoms with E-state index in [4.69, 9.17) is 0 Å². The molecule has 5 nitrogen and oxygen atoms in total. The van der Waals surface area contributed by atoms with Crippen LogP contribution in [0.3, 0.4) is 0 Å². The van der Waals surface area contributed by atoms with Gasteiger partial charge in [0.1, 0.15) is 0 Å². The molecular weight excluding hydrogens is 372 g/mol. The molecule has 0 aromatic heterocycles. The maximum Gasteiger partial charge on any atom is 0.251 e. The maximum atomic E-state index is 12.9. The van der Waals surface area contributed by atoms with Crippen molar-refractivity contribution in [3.8, 4) is 0 Å². The van der Waals surface area contributed by atoms with Gasteiger partial charge in [0, 0.05) is 12.1 Å². The molecule has 0 aliphatic carbocycles. The van der Waals surface area contributed by atoms with Gasteiger partial charge in [-0.3, -0.25) is 9.10 Å². The van der Waals surface area contributed by atoms with E-state index in [0.717, 1.165) is 24.0 Å². The normalized spacial score (nSPS) is 17.2. The summed E-state index contributed by atoms with van der Waals surface area (Å²) in [4.78, 5) is 12.9. The number of rotatable bonds is 5. The molecule has 0 spiro atoms. The molecule has 0 unspecified atom stereocenters. The molecule has 150 valence electrons. The van der Waals surface area contributed by atoms with E-state index in [9.17, 15) is 13.2 Å². The van der Waals surface area contributed by atoms with Gasteiger partial charge in [-0.15, -0.1) is 0 Å². The first kappa shape index (κ1) is 20.4. The van der Waals surface area contributed by atoms with E-state index in [1.165, 1.54) is 9.87 Å². The minimum Gasteiger partial charge on any atom is -0.345 e. The van der Waals surface area contributed by atoms with Crippen LogP contribution in [0.1, 0.15) is 59.3 Å². The Morgan fingerprint density at radius 1 is 1.11 bits per heavy atom. The number of nitrogens with one attached hydrogen (secondary N) is 1. The third-order valence-electron chi connectivity index (χ3n) is 5.28. The van der Waals surface area contributed by atoms with Gasteiger partial charge < -0.3 is 5.32 Å². The van der Waals surface area contributed by atoms with Gasteiger partial charge in [-0.1, -0.05) is 42.8 Å². The topological polar surface area (TPSA) is 66.5 Å². The van der Waals surface area contributed by atoms with Gasteiger partial charge >= 0.3 is 0 Å². The molecule has 28 heavy (non-hydrogen) atoms. The van der Waals surface area contributed by atoms with Crippen LogP contribution >= 0.6 is 0 Å². The molecule has 3 rings (SSSR count). The van der Waals surface area contributed by atoms with Crippen LogP contribution in [0, 0.1) is 13.8 Å². The highest BCUT2D eigenvalue weighted by molar-refractivity contribution is 7.92. The van der Waals surface area contributed by atoms with E-state index >= 15 is 0 Å². The van der Waals surface area contributed by atoms with E-state index in [1.54, 1.807) is 12.1 Å². The first-order valence-corrected chi connectivity index (χ1v) is 11.4. The summed E-state index contributed by atoms with van der Waals surface area (Å²) in [6, 6.07) is 13.3. The Kier molecular flexibility index (Phi) is 6.08. The second-order valence-electron chi connectivity index (χ2n) is 7.44. The maximum absolute atomic E-state index is 12.9. The summed E-state index contributed by atoms with van der Waals surface area (Å²) >= 11 is 0. The van der Waals surface area contributed by atoms with Crippen LogP contribution in [0.5, 0.6) is 0 Å². The molecule has 0 bridgehead atoms. The Labute approximate surface area is 167 Å². The van der Waals surface area contributed by atoms with Gasteiger partial charge in [-0.05, 0) is 56.4 Å². The molecule has 1 aliphatic heterocycles. The molecule has 1 amide bonds. The highest BCUT2D eigenvalue weighted by Gasteiger charge is 2.27. The van der Waals surface area contributed by atoms with Crippen molar-refractivity contribution in [2.45, 2.75) is 46.1 Å². The zero-order valence-corrected chi connectivity index (χ0v) is 17.6. The molecule has 1 fully saturated rings. The van der Waals surface area contributed by atoms with Crippen LogP contribution in [-0.2, 0) is 10.0 Å². The smallest absolute Gasteiger partial charge is 0.251 e. The fraction of sp³-hybridized carbons (Fsp3) is 0.409. The van der Waals surface area contributed by atoms with Crippen LogP contribution in [0.4, 0.5) is 5.69 Å². The van der Waals surface area contributed by atoms with Crippen LogP contribution in [-0.4, -0.2) is 26.6 Å². The molecular formula is C22H28N2O3S. The standard InChI is InChI=1S/C22H28N2O3S/c1-4-20(18-10-7-16(2)8-11-18)23-22(25)19-12-9-17(3)21(15-19)24-13-5-6-14-28(24,26)27/h7-12,15,20H,4-6,13-14H2,1-3H3,(H,23,25)/t20-/m0/s1. The van der Waals surface area contributed by atoms with Crippen molar-refractivity contribution in [2.75, 3.05) is 16.6 Å². The Morgan fingerprint density at radius 3 is 2.46 bits per heavy atom. The number of benzene rings is 2. The highest BCUT2D eigenvalue weighted by atomic mass is 32.2. The third kappa shape index (κ3) is 4.38. The van der Waals surface area contributed by atoms with Gasteiger partial charge in [0.2, 0.25) is 10.0 Å². The summed E-state index contributed by atoms with van der Waals surface area (Å²) in [5, 5.41) is 3.08. The van der Waals surface area contributed by atoms with E-state index in [0.29, 0.717) is 24.2 Å². The summed E-state index contributed by atoms with van der Waals surface area (Å²) < 4.78 is 26.4. The largest absolute Gasteiger partial charge is 0.345 e. The lowest BCUT2D eigenvalue weighted by atomic mass is 10.0. The van der Waals surface area contributed by atoms with Crippen molar-refractivity contribution in [2.24, 2.45) is 0 Å². The number of amides is 1. The molecule has 1 N–H and O–H groups in total. The third-order valence-corrected chi connectivity index (χ3v) is 7.14. The Bertz CT molecular complexity index is 952. The van der Waals surface area contributed by atoms with Crippen LogP contribution in [0.25, 0.3) is 0 Å². The molecule has 1 saturated heterocycles. The van der Waals surface area contributed by atoms with Crippen molar-refractivity contribution in [1.82, 2.24) is 5.32 Å². The lowest BCUT2D eigenvalue weighted by Crippen LogP contribution is -2.38. The Balaban J connectivity index is 1.85. The van der Waals surface area contributed by atoms with Gasteiger partial charge in [-0.2, -0.15) is 0 Å². The monoisotopic (exact) mass is 400 g/mol. The Morgan fingerprint density at radius 2 is 1.82 bits per heavy atom. The minimum absolute atomic E-state index is 0.0865. The molecule has 1 aliphatic rings. The molecule has 1 heterocycles. The molecule has 0 saturated carbocycles. The van der Waals surface area contributed by atoms with Crippen molar-refractivity contribution in [3.05, 3.63) is 64.7 Å². The average Bonchev–Trinajstić information content (AvgIpc) is 2.67. The number of carbonyl (C=O) groups excluding carboxylic acids is 1. The summed E-state index contributed by atoms with van der Waals surface area (Å²) in [7, 11) is -3.31. The number of aryl methyl sites for hydroxylation is 2.